The maximum absolute atomic E-state index is 6.21. The first-order chi connectivity index (χ1) is 10.2. The zero-order valence-electron chi connectivity index (χ0n) is 13.1. The van der Waals surface area contributed by atoms with Crippen molar-refractivity contribution in [3.63, 3.8) is 0 Å². The Kier molecular flexibility index (Phi) is 5.56. The Hall–Kier alpha value is -1.62. The van der Waals surface area contributed by atoms with E-state index in [9.17, 15) is 0 Å². The van der Waals surface area contributed by atoms with E-state index in [1.165, 1.54) is 12.8 Å². The first-order valence-electron chi connectivity index (χ1n) is 7.41. The molecule has 2 unspecified atom stereocenters. The van der Waals surface area contributed by atoms with Gasteiger partial charge in [0.2, 0.25) is 5.75 Å². The van der Waals surface area contributed by atoms with Crippen LogP contribution in [-0.4, -0.2) is 33.5 Å². The molecule has 0 radical (unpaired) electrons. The van der Waals surface area contributed by atoms with Gasteiger partial charge in [0.1, 0.15) is 11.9 Å². The second-order valence-electron chi connectivity index (χ2n) is 5.32. The van der Waals surface area contributed by atoms with E-state index in [4.69, 9.17) is 24.7 Å². The predicted octanol–water partition coefficient (Wildman–Crippen LogP) is 2.75. The summed E-state index contributed by atoms with van der Waals surface area (Å²) in [6.07, 6.45) is 5.59. The van der Waals surface area contributed by atoms with E-state index in [2.05, 4.69) is 0 Å². The molecule has 1 aliphatic rings. The number of benzene rings is 1. The van der Waals surface area contributed by atoms with Crippen molar-refractivity contribution in [3.05, 3.63) is 12.1 Å². The van der Waals surface area contributed by atoms with Crippen LogP contribution in [0.2, 0.25) is 0 Å². The van der Waals surface area contributed by atoms with Crippen LogP contribution in [0.5, 0.6) is 23.0 Å². The molecule has 5 heteroatoms. The smallest absolute Gasteiger partial charge is 0.203 e. The van der Waals surface area contributed by atoms with Gasteiger partial charge >= 0.3 is 0 Å². The van der Waals surface area contributed by atoms with Gasteiger partial charge in [-0.25, -0.2) is 0 Å². The molecule has 1 fully saturated rings. The Balaban J connectivity index is 2.22. The summed E-state index contributed by atoms with van der Waals surface area (Å²) in [6.45, 7) is 0. The van der Waals surface area contributed by atoms with Crippen molar-refractivity contribution in [1.29, 1.82) is 0 Å². The van der Waals surface area contributed by atoms with Crippen LogP contribution in [0, 0.1) is 0 Å². The summed E-state index contributed by atoms with van der Waals surface area (Å²) in [6, 6.07) is 3.71. The third-order valence-corrected chi connectivity index (χ3v) is 3.93. The van der Waals surface area contributed by atoms with Gasteiger partial charge in [-0.2, -0.15) is 0 Å². The lowest BCUT2D eigenvalue weighted by atomic mass is 10.1. The molecule has 1 aliphatic carbocycles. The van der Waals surface area contributed by atoms with Crippen molar-refractivity contribution in [2.24, 2.45) is 5.73 Å². The number of rotatable bonds is 5. The molecule has 0 aliphatic heterocycles. The van der Waals surface area contributed by atoms with Crippen LogP contribution in [0.3, 0.4) is 0 Å². The average Bonchev–Trinajstić information content (AvgIpc) is 2.71. The number of nitrogens with two attached hydrogens (primary N) is 1. The number of ether oxygens (including phenoxy) is 4. The highest BCUT2D eigenvalue weighted by atomic mass is 16.5. The third-order valence-electron chi connectivity index (χ3n) is 3.93. The van der Waals surface area contributed by atoms with Gasteiger partial charge in [0, 0.05) is 18.2 Å². The minimum atomic E-state index is 0.0373. The predicted molar refractivity (Wildman–Crippen MR) is 81.6 cm³/mol. The molecule has 0 spiro atoms. The van der Waals surface area contributed by atoms with Gasteiger partial charge in [-0.05, 0) is 19.3 Å². The van der Waals surface area contributed by atoms with Crippen LogP contribution in [0.15, 0.2) is 12.1 Å². The summed E-state index contributed by atoms with van der Waals surface area (Å²) < 4.78 is 22.1. The maximum atomic E-state index is 6.21. The minimum absolute atomic E-state index is 0.0373. The van der Waals surface area contributed by atoms with Crippen molar-refractivity contribution in [2.75, 3.05) is 21.3 Å². The third kappa shape index (κ3) is 3.73. The maximum Gasteiger partial charge on any atom is 0.203 e. The van der Waals surface area contributed by atoms with Gasteiger partial charge in [-0.15, -0.1) is 0 Å². The fourth-order valence-corrected chi connectivity index (χ4v) is 2.75. The van der Waals surface area contributed by atoms with Crippen molar-refractivity contribution < 1.29 is 18.9 Å². The van der Waals surface area contributed by atoms with Gasteiger partial charge in [-0.1, -0.05) is 12.8 Å². The zero-order valence-corrected chi connectivity index (χ0v) is 13.1. The summed E-state index contributed by atoms with van der Waals surface area (Å²) in [5.41, 5.74) is 6.21. The molecule has 1 aromatic rings. The summed E-state index contributed by atoms with van der Waals surface area (Å²) in [5.74, 6) is 2.45. The molecule has 0 bridgehead atoms. The SMILES string of the molecule is COc1cc(OC2CCCCCC2N)cc(OC)c1OC. The van der Waals surface area contributed by atoms with E-state index >= 15 is 0 Å². The summed E-state index contributed by atoms with van der Waals surface area (Å²) in [7, 11) is 4.78. The highest BCUT2D eigenvalue weighted by Crippen LogP contribution is 2.41. The van der Waals surface area contributed by atoms with Crippen LogP contribution in [0.25, 0.3) is 0 Å². The first kappa shape index (κ1) is 15.8. The first-order valence-corrected chi connectivity index (χ1v) is 7.41. The molecule has 1 saturated carbocycles. The van der Waals surface area contributed by atoms with Crippen LogP contribution < -0.4 is 24.7 Å². The highest BCUT2D eigenvalue weighted by molar-refractivity contribution is 5.55. The Morgan fingerprint density at radius 1 is 0.905 bits per heavy atom. The van der Waals surface area contributed by atoms with Gasteiger partial charge in [0.15, 0.2) is 11.5 Å². The summed E-state index contributed by atoms with van der Waals surface area (Å²) >= 11 is 0. The Morgan fingerprint density at radius 3 is 2.10 bits per heavy atom. The Morgan fingerprint density at radius 2 is 1.52 bits per heavy atom. The molecule has 2 rings (SSSR count). The Labute approximate surface area is 126 Å². The molecule has 1 aromatic carbocycles. The molecule has 118 valence electrons. The van der Waals surface area contributed by atoms with E-state index in [0.29, 0.717) is 23.0 Å². The minimum Gasteiger partial charge on any atom is -0.493 e. The normalized spacial score (nSPS) is 22.3. The molecule has 2 atom stereocenters. The van der Waals surface area contributed by atoms with Crippen molar-refractivity contribution >= 4 is 0 Å². The topological polar surface area (TPSA) is 62.9 Å². The fourth-order valence-electron chi connectivity index (χ4n) is 2.75. The molecular formula is C16H25NO4. The molecule has 0 saturated heterocycles. The van der Waals surface area contributed by atoms with Crippen LogP contribution in [-0.2, 0) is 0 Å². The van der Waals surface area contributed by atoms with E-state index in [0.717, 1.165) is 19.3 Å². The molecule has 21 heavy (non-hydrogen) atoms. The quantitative estimate of drug-likeness (QED) is 0.846. The fraction of sp³-hybridized carbons (Fsp3) is 0.625. The van der Waals surface area contributed by atoms with Crippen LogP contribution in [0.4, 0.5) is 0 Å². The molecule has 2 N–H and O–H groups in total. The molecule has 0 amide bonds. The zero-order chi connectivity index (χ0) is 15.2. The van der Waals surface area contributed by atoms with Crippen LogP contribution >= 0.6 is 0 Å². The number of hydrogen-bond donors (Lipinski definition) is 1. The van der Waals surface area contributed by atoms with E-state index < -0.39 is 0 Å². The number of hydrogen-bond acceptors (Lipinski definition) is 5. The van der Waals surface area contributed by atoms with Crippen molar-refractivity contribution in [3.8, 4) is 23.0 Å². The highest BCUT2D eigenvalue weighted by Gasteiger charge is 2.23. The molecule has 5 nitrogen and oxygen atoms in total. The lowest BCUT2D eigenvalue weighted by Crippen LogP contribution is -2.37. The molecule has 0 heterocycles. The van der Waals surface area contributed by atoms with E-state index in [1.54, 1.807) is 21.3 Å². The van der Waals surface area contributed by atoms with Gasteiger partial charge in [-0.3, -0.25) is 0 Å². The molecule has 0 aromatic heterocycles. The van der Waals surface area contributed by atoms with Gasteiger partial charge in [0.05, 0.1) is 21.3 Å². The van der Waals surface area contributed by atoms with Crippen molar-refractivity contribution in [1.82, 2.24) is 0 Å². The Bertz CT molecular complexity index is 439. The monoisotopic (exact) mass is 295 g/mol. The van der Waals surface area contributed by atoms with Crippen LogP contribution in [0.1, 0.15) is 32.1 Å². The summed E-state index contributed by atoms with van der Waals surface area (Å²) in [4.78, 5) is 0. The van der Waals surface area contributed by atoms with Gasteiger partial charge in [0.25, 0.3) is 0 Å². The standard InChI is InChI=1S/C16H25NO4/c1-18-14-9-11(10-15(19-2)16(14)20-3)21-13-8-6-4-5-7-12(13)17/h9-10,12-13H,4-8,17H2,1-3H3. The van der Waals surface area contributed by atoms with Gasteiger partial charge < -0.3 is 24.7 Å². The molecular weight excluding hydrogens is 270 g/mol. The van der Waals surface area contributed by atoms with Crippen molar-refractivity contribution in [2.45, 2.75) is 44.2 Å². The second-order valence-corrected chi connectivity index (χ2v) is 5.32. The number of methoxy groups -OCH3 is 3. The lowest BCUT2D eigenvalue weighted by Gasteiger charge is -2.24. The lowest BCUT2D eigenvalue weighted by molar-refractivity contribution is 0.161. The average molecular weight is 295 g/mol. The van der Waals surface area contributed by atoms with E-state index in [-0.39, 0.29) is 12.1 Å². The summed E-state index contributed by atoms with van der Waals surface area (Å²) in [5, 5.41) is 0. The second kappa shape index (κ2) is 7.41. The largest absolute Gasteiger partial charge is 0.493 e. The van der Waals surface area contributed by atoms with E-state index in [1.807, 2.05) is 12.1 Å².